The summed E-state index contributed by atoms with van der Waals surface area (Å²) in [5.41, 5.74) is 0. The van der Waals surface area contributed by atoms with E-state index in [0.29, 0.717) is 6.29 Å². The van der Waals surface area contributed by atoms with Gasteiger partial charge in [0.2, 0.25) is 5.78 Å². The number of alkyl halides is 1. The zero-order valence-electron chi connectivity index (χ0n) is 3.83. The molecule has 0 saturated heterocycles. The third-order valence-electron chi connectivity index (χ3n) is 0.507. The van der Waals surface area contributed by atoms with Crippen molar-refractivity contribution in [2.24, 2.45) is 0 Å². The maximum Gasteiger partial charge on any atom is 0.215 e. The first-order chi connectivity index (χ1) is 3.72. The molecule has 4 heteroatoms. The molecular formula is C4H3BrO3. The molecule has 0 aliphatic rings. The average Bonchev–Trinajstić information content (AvgIpc) is 1.84. The van der Waals surface area contributed by atoms with E-state index in [1.54, 1.807) is 0 Å². The van der Waals surface area contributed by atoms with Crippen molar-refractivity contribution in [3.05, 3.63) is 0 Å². The van der Waals surface area contributed by atoms with Crippen molar-refractivity contribution in [1.29, 1.82) is 0 Å². The van der Waals surface area contributed by atoms with Gasteiger partial charge >= 0.3 is 0 Å². The van der Waals surface area contributed by atoms with Crippen LogP contribution in [0.5, 0.6) is 0 Å². The van der Waals surface area contributed by atoms with Crippen molar-refractivity contribution < 1.29 is 14.4 Å². The van der Waals surface area contributed by atoms with Gasteiger partial charge in [-0.1, -0.05) is 15.9 Å². The van der Waals surface area contributed by atoms with Gasteiger partial charge in [-0.05, 0) is 0 Å². The van der Waals surface area contributed by atoms with Gasteiger partial charge in [0.25, 0.3) is 0 Å². The van der Waals surface area contributed by atoms with Gasteiger partial charge in [0, 0.05) is 0 Å². The molecule has 3 nitrogen and oxygen atoms in total. The van der Waals surface area contributed by atoms with Crippen LogP contribution in [0.3, 0.4) is 0 Å². The Kier molecular flexibility index (Phi) is 3.26. The Bertz CT molecular complexity index is 120. The highest BCUT2D eigenvalue weighted by Crippen LogP contribution is 1.93. The number of carbonyl (C=O) groups excluding carboxylic acids is 3. The summed E-state index contributed by atoms with van der Waals surface area (Å²) in [5.74, 6) is -0.750. The summed E-state index contributed by atoms with van der Waals surface area (Å²) in [6.45, 7) is 0. The summed E-state index contributed by atoms with van der Waals surface area (Å²) in [4.78, 5) is 28.4. The third-order valence-corrected chi connectivity index (χ3v) is 1.17. The van der Waals surface area contributed by atoms with E-state index < -0.39 is 10.6 Å². The molecule has 0 aromatic heterocycles. The largest absolute Gasteiger partial charge is 0.302 e. The van der Waals surface area contributed by atoms with E-state index >= 15 is 0 Å². The molecule has 0 heterocycles. The van der Waals surface area contributed by atoms with Gasteiger partial charge < -0.3 is 4.79 Å². The quantitative estimate of drug-likeness (QED) is 0.259. The number of hydrogen-bond acceptors (Lipinski definition) is 3. The lowest BCUT2D eigenvalue weighted by molar-refractivity contribution is -0.130. The highest BCUT2D eigenvalue weighted by atomic mass is 79.9. The molecule has 0 spiro atoms. The van der Waals surface area contributed by atoms with Crippen LogP contribution in [-0.4, -0.2) is 23.2 Å². The molecule has 44 valence electrons. The normalized spacial score (nSPS) is 12.1. The number of rotatable bonds is 3. The molecule has 0 aliphatic carbocycles. The highest BCUT2D eigenvalue weighted by Gasteiger charge is 2.10. The first kappa shape index (κ1) is 7.49. The number of halogens is 1. The fraction of sp³-hybridized carbons (Fsp3) is 0.250. The van der Waals surface area contributed by atoms with Crippen molar-refractivity contribution in [1.82, 2.24) is 0 Å². The van der Waals surface area contributed by atoms with Gasteiger partial charge in [0.15, 0.2) is 6.29 Å². The van der Waals surface area contributed by atoms with Crippen LogP contribution in [0.15, 0.2) is 0 Å². The molecule has 8 heavy (non-hydrogen) atoms. The number of Topliss-reactive ketones (excluding diaryl/α,β-unsaturated/α-hetero) is 1. The van der Waals surface area contributed by atoms with Crippen LogP contribution in [0, 0.1) is 0 Å². The minimum Gasteiger partial charge on any atom is -0.302 e. The molecule has 0 aromatic carbocycles. The van der Waals surface area contributed by atoms with E-state index in [2.05, 4.69) is 15.9 Å². The maximum atomic E-state index is 10.1. The van der Waals surface area contributed by atoms with Crippen LogP contribution in [0.25, 0.3) is 0 Å². The fourth-order valence-corrected chi connectivity index (χ4v) is 0.240. The Hall–Kier alpha value is -0.510. The number of aldehydes is 2. The van der Waals surface area contributed by atoms with Gasteiger partial charge in [-0.15, -0.1) is 0 Å². The predicted octanol–water partition coefficient (Wildman–Crippen LogP) is -0.283. The molecule has 0 aromatic rings. The van der Waals surface area contributed by atoms with E-state index in [1.807, 2.05) is 0 Å². The number of hydrogen-bond donors (Lipinski definition) is 0. The van der Waals surface area contributed by atoms with Crippen LogP contribution < -0.4 is 0 Å². The van der Waals surface area contributed by atoms with Crippen LogP contribution in [0.2, 0.25) is 0 Å². The zero-order chi connectivity index (χ0) is 6.57. The Balaban J connectivity index is 3.80. The lowest BCUT2D eigenvalue weighted by Crippen LogP contribution is -2.15. The summed E-state index contributed by atoms with van der Waals surface area (Å²) >= 11 is 2.65. The molecule has 0 rings (SSSR count). The lowest BCUT2D eigenvalue weighted by atomic mass is 10.3. The maximum absolute atomic E-state index is 10.1. The molecule has 0 aliphatic heterocycles. The second kappa shape index (κ2) is 3.49. The van der Waals surface area contributed by atoms with Crippen LogP contribution in [0.1, 0.15) is 0 Å². The molecule has 0 radical (unpaired) electrons. The summed E-state index contributed by atoms with van der Waals surface area (Å²) < 4.78 is 0. The minimum atomic E-state index is -0.958. The molecule has 1 atom stereocenters. The van der Waals surface area contributed by atoms with Crippen molar-refractivity contribution >= 4 is 34.3 Å². The Morgan fingerprint density at radius 3 is 2.12 bits per heavy atom. The van der Waals surface area contributed by atoms with E-state index in [4.69, 9.17) is 0 Å². The van der Waals surface area contributed by atoms with Crippen molar-refractivity contribution in [2.45, 2.75) is 4.83 Å². The molecule has 0 N–H and O–H groups in total. The topological polar surface area (TPSA) is 51.2 Å². The second-order valence-corrected chi connectivity index (χ2v) is 2.04. The summed E-state index contributed by atoms with van der Waals surface area (Å²) in [5, 5.41) is 0. The van der Waals surface area contributed by atoms with Gasteiger partial charge in [-0.2, -0.15) is 0 Å². The van der Waals surface area contributed by atoms with Gasteiger partial charge in [-0.25, -0.2) is 0 Å². The summed E-state index contributed by atoms with van der Waals surface area (Å²) in [6, 6.07) is 0. The Morgan fingerprint density at radius 1 is 1.50 bits per heavy atom. The molecule has 0 fully saturated rings. The third kappa shape index (κ3) is 1.97. The summed E-state index contributed by atoms with van der Waals surface area (Å²) in [6.07, 6.45) is 0.463. The van der Waals surface area contributed by atoms with Crippen molar-refractivity contribution in [3.8, 4) is 0 Å². The zero-order valence-corrected chi connectivity index (χ0v) is 5.42. The number of carbonyl (C=O) groups is 3. The van der Waals surface area contributed by atoms with Crippen LogP contribution in [-0.2, 0) is 14.4 Å². The number of ketones is 1. The molecule has 1 unspecified atom stereocenters. The molecule has 0 bridgehead atoms. The Morgan fingerprint density at radius 2 is 2.00 bits per heavy atom. The summed E-state index contributed by atoms with van der Waals surface area (Å²) in [7, 11) is 0. The van der Waals surface area contributed by atoms with Gasteiger partial charge in [-0.3, -0.25) is 9.59 Å². The Labute approximate surface area is 54.2 Å². The molecule has 0 amide bonds. The monoisotopic (exact) mass is 178 g/mol. The second-order valence-electron chi connectivity index (χ2n) is 1.06. The standard InChI is InChI=1S/C4H3BrO3/c5-3(1-6)4(8)2-7/h1-3H. The molecular weight excluding hydrogens is 176 g/mol. The molecule has 0 saturated carbocycles. The van der Waals surface area contributed by atoms with Crippen LogP contribution >= 0.6 is 15.9 Å². The van der Waals surface area contributed by atoms with E-state index in [1.165, 1.54) is 0 Å². The van der Waals surface area contributed by atoms with E-state index in [0.717, 1.165) is 0 Å². The first-order valence-corrected chi connectivity index (χ1v) is 2.72. The van der Waals surface area contributed by atoms with Gasteiger partial charge in [0.05, 0.1) is 0 Å². The van der Waals surface area contributed by atoms with Crippen molar-refractivity contribution in [2.75, 3.05) is 0 Å². The predicted molar refractivity (Wildman–Crippen MR) is 29.8 cm³/mol. The van der Waals surface area contributed by atoms with E-state index in [9.17, 15) is 14.4 Å². The lowest BCUT2D eigenvalue weighted by Gasteiger charge is -1.86. The van der Waals surface area contributed by atoms with E-state index in [-0.39, 0.29) is 6.29 Å². The van der Waals surface area contributed by atoms with Gasteiger partial charge in [0.1, 0.15) is 11.1 Å². The minimum absolute atomic E-state index is 0.105. The average molecular weight is 179 g/mol. The van der Waals surface area contributed by atoms with Crippen LogP contribution in [0.4, 0.5) is 0 Å². The van der Waals surface area contributed by atoms with Crippen molar-refractivity contribution in [3.63, 3.8) is 0 Å². The fourth-order valence-electron chi connectivity index (χ4n) is 0.132. The SMILES string of the molecule is O=CC(=O)C(Br)C=O. The highest BCUT2D eigenvalue weighted by molar-refractivity contribution is 9.10. The smallest absolute Gasteiger partial charge is 0.215 e. The first-order valence-electron chi connectivity index (χ1n) is 1.80.